The quantitative estimate of drug-likeness (QED) is 0.888. The summed E-state index contributed by atoms with van der Waals surface area (Å²) in [6.07, 6.45) is 0.312. The molecule has 1 amide bonds. The highest BCUT2D eigenvalue weighted by Gasteiger charge is 2.10. The minimum absolute atomic E-state index is 0. The Kier molecular flexibility index (Phi) is 5.12. The van der Waals surface area contributed by atoms with Gasteiger partial charge >= 0.3 is 0 Å². The van der Waals surface area contributed by atoms with E-state index in [1.54, 1.807) is 0 Å². The molecule has 0 radical (unpaired) electrons. The number of carbonyl (C=O) groups is 1. The van der Waals surface area contributed by atoms with Crippen molar-refractivity contribution in [3.8, 4) is 0 Å². The number of fused-ring (bicyclic) bond motifs is 1. The van der Waals surface area contributed by atoms with E-state index in [9.17, 15) is 4.79 Å². The number of nitrogens with two attached hydrogens (primary N) is 1. The molecule has 0 fully saturated rings. The van der Waals surface area contributed by atoms with Gasteiger partial charge in [0.15, 0.2) is 0 Å². The predicted octanol–water partition coefficient (Wildman–Crippen LogP) is 1.77. The summed E-state index contributed by atoms with van der Waals surface area (Å²) in [4.78, 5) is 15.9. The number of rotatable bonds is 4. The van der Waals surface area contributed by atoms with Crippen molar-refractivity contribution in [3.63, 3.8) is 0 Å². The number of amides is 1. The van der Waals surface area contributed by atoms with Crippen molar-refractivity contribution >= 4 is 35.3 Å². The highest BCUT2D eigenvalue weighted by molar-refractivity contribution is 5.91. The van der Waals surface area contributed by atoms with Crippen molar-refractivity contribution in [1.29, 1.82) is 0 Å². The molecule has 0 saturated carbocycles. The van der Waals surface area contributed by atoms with E-state index in [1.807, 2.05) is 35.8 Å². The van der Waals surface area contributed by atoms with Crippen LogP contribution in [0.2, 0.25) is 0 Å². The molecule has 0 unspecified atom stereocenters. The van der Waals surface area contributed by atoms with Gasteiger partial charge in [-0.2, -0.15) is 0 Å². The van der Waals surface area contributed by atoms with Crippen molar-refractivity contribution < 1.29 is 4.79 Å². The van der Waals surface area contributed by atoms with Crippen LogP contribution in [-0.2, 0) is 11.3 Å². The van der Waals surface area contributed by atoms with Crippen LogP contribution in [-0.4, -0.2) is 22.0 Å². The Morgan fingerprint density at radius 3 is 2.83 bits per heavy atom. The molecule has 5 nitrogen and oxygen atoms in total. The topological polar surface area (TPSA) is 72.9 Å². The molecule has 1 aromatic heterocycles. The highest BCUT2D eigenvalue weighted by atomic mass is 35.5. The van der Waals surface area contributed by atoms with Gasteiger partial charge in [-0.3, -0.25) is 10.1 Å². The van der Waals surface area contributed by atoms with Crippen LogP contribution in [0.15, 0.2) is 24.3 Å². The summed E-state index contributed by atoms with van der Waals surface area (Å²) in [5, 5.41) is 2.78. The van der Waals surface area contributed by atoms with Gasteiger partial charge < -0.3 is 10.3 Å². The molecule has 3 N–H and O–H groups in total. The third-order valence-electron chi connectivity index (χ3n) is 2.59. The van der Waals surface area contributed by atoms with E-state index in [0.717, 1.165) is 17.6 Å². The standard InChI is InChI=1S/C12H16N4O.ClH/c1-2-16-10-6-4-3-5-9(10)14-12(16)15-11(17)7-8-13;/h3-6H,2,7-8,13H2,1H3,(H,14,15,17);1H. The fourth-order valence-corrected chi connectivity index (χ4v) is 1.81. The third-order valence-corrected chi connectivity index (χ3v) is 2.59. The molecule has 1 heterocycles. The number of imidazole rings is 1. The van der Waals surface area contributed by atoms with Crippen LogP contribution in [0.1, 0.15) is 13.3 Å². The summed E-state index contributed by atoms with van der Waals surface area (Å²) in [5.74, 6) is 0.490. The second kappa shape index (κ2) is 6.37. The summed E-state index contributed by atoms with van der Waals surface area (Å²) in [6, 6.07) is 7.81. The average Bonchev–Trinajstić information content (AvgIpc) is 2.66. The van der Waals surface area contributed by atoms with Crippen LogP contribution in [0.5, 0.6) is 0 Å². The molecule has 0 spiro atoms. The normalized spacial score (nSPS) is 10.1. The fourth-order valence-electron chi connectivity index (χ4n) is 1.81. The van der Waals surface area contributed by atoms with Crippen molar-refractivity contribution in [2.75, 3.05) is 11.9 Å². The van der Waals surface area contributed by atoms with Gasteiger partial charge in [-0.25, -0.2) is 4.98 Å². The number of hydrogen-bond donors (Lipinski definition) is 2. The first-order valence-electron chi connectivity index (χ1n) is 5.71. The van der Waals surface area contributed by atoms with Crippen molar-refractivity contribution in [3.05, 3.63) is 24.3 Å². The summed E-state index contributed by atoms with van der Waals surface area (Å²) in [7, 11) is 0. The lowest BCUT2D eigenvalue weighted by Crippen LogP contribution is -2.18. The summed E-state index contributed by atoms with van der Waals surface area (Å²) < 4.78 is 1.98. The van der Waals surface area contributed by atoms with Gasteiger partial charge in [-0.05, 0) is 19.1 Å². The van der Waals surface area contributed by atoms with E-state index in [-0.39, 0.29) is 18.3 Å². The van der Waals surface area contributed by atoms with Crippen LogP contribution in [0.25, 0.3) is 11.0 Å². The monoisotopic (exact) mass is 268 g/mol. The van der Waals surface area contributed by atoms with E-state index in [4.69, 9.17) is 5.73 Å². The third kappa shape index (κ3) is 2.80. The molecule has 0 bridgehead atoms. The Labute approximate surface area is 112 Å². The zero-order chi connectivity index (χ0) is 12.3. The van der Waals surface area contributed by atoms with Gasteiger partial charge in [0.1, 0.15) is 0 Å². The molecule has 0 aliphatic heterocycles. The lowest BCUT2D eigenvalue weighted by Gasteiger charge is -2.06. The first-order chi connectivity index (χ1) is 8.26. The molecule has 0 atom stereocenters. The smallest absolute Gasteiger partial charge is 0.227 e. The van der Waals surface area contributed by atoms with Crippen LogP contribution >= 0.6 is 12.4 Å². The molecule has 18 heavy (non-hydrogen) atoms. The number of carbonyl (C=O) groups excluding carboxylic acids is 1. The van der Waals surface area contributed by atoms with Crippen molar-refractivity contribution in [2.45, 2.75) is 19.9 Å². The number of anilines is 1. The van der Waals surface area contributed by atoms with Crippen molar-refractivity contribution in [2.24, 2.45) is 5.73 Å². The SMILES string of the molecule is CCn1c(NC(=O)CCN)nc2ccccc21.Cl. The summed E-state index contributed by atoms with van der Waals surface area (Å²) in [6.45, 7) is 3.13. The molecule has 0 aliphatic carbocycles. The van der Waals surface area contributed by atoms with Crippen molar-refractivity contribution in [1.82, 2.24) is 9.55 Å². The molecule has 2 aromatic rings. The molecular weight excluding hydrogens is 252 g/mol. The van der Waals surface area contributed by atoms with Gasteiger partial charge in [0.25, 0.3) is 0 Å². The maximum absolute atomic E-state index is 11.5. The zero-order valence-corrected chi connectivity index (χ0v) is 11.0. The molecule has 2 rings (SSSR count). The minimum atomic E-state index is -0.0995. The Morgan fingerprint density at radius 1 is 1.44 bits per heavy atom. The zero-order valence-electron chi connectivity index (χ0n) is 10.2. The number of nitrogens with one attached hydrogen (secondary N) is 1. The number of nitrogens with zero attached hydrogens (tertiary/aromatic N) is 2. The Hall–Kier alpha value is -1.59. The molecule has 98 valence electrons. The number of benzene rings is 1. The Balaban J connectivity index is 0.00000162. The lowest BCUT2D eigenvalue weighted by atomic mass is 10.3. The molecule has 6 heteroatoms. The first-order valence-corrected chi connectivity index (χ1v) is 5.71. The fraction of sp³-hybridized carbons (Fsp3) is 0.333. The van der Waals surface area contributed by atoms with E-state index in [2.05, 4.69) is 10.3 Å². The minimum Gasteiger partial charge on any atom is -0.330 e. The molecular formula is C12H17ClN4O. The van der Waals surface area contributed by atoms with E-state index in [0.29, 0.717) is 18.9 Å². The number of aryl methyl sites for hydroxylation is 1. The van der Waals surface area contributed by atoms with Crippen LogP contribution < -0.4 is 11.1 Å². The molecule has 1 aromatic carbocycles. The molecule has 0 saturated heterocycles. The number of aromatic nitrogens is 2. The predicted molar refractivity (Wildman–Crippen MR) is 75.0 cm³/mol. The van der Waals surface area contributed by atoms with E-state index in [1.165, 1.54) is 0 Å². The van der Waals surface area contributed by atoms with Gasteiger partial charge in [0, 0.05) is 19.5 Å². The van der Waals surface area contributed by atoms with E-state index >= 15 is 0 Å². The van der Waals surface area contributed by atoms with E-state index < -0.39 is 0 Å². The largest absolute Gasteiger partial charge is 0.330 e. The van der Waals surface area contributed by atoms with Gasteiger partial charge in [0.2, 0.25) is 11.9 Å². The number of para-hydroxylation sites is 2. The first kappa shape index (κ1) is 14.5. The number of halogens is 1. The molecule has 0 aliphatic rings. The summed E-state index contributed by atoms with van der Waals surface area (Å²) in [5.41, 5.74) is 7.25. The van der Waals surface area contributed by atoms with Gasteiger partial charge in [-0.15, -0.1) is 12.4 Å². The maximum atomic E-state index is 11.5. The second-order valence-corrected chi connectivity index (χ2v) is 3.76. The Bertz CT molecular complexity index is 538. The Morgan fingerprint density at radius 2 is 2.17 bits per heavy atom. The lowest BCUT2D eigenvalue weighted by molar-refractivity contribution is -0.116. The van der Waals surface area contributed by atoms with Crippen LogP contribution in [0.4, 0.5) is 5.95 Å². The van der Waals surface area contributed by atoms with Gasteiger partial charge in [0.05, 0.1) is 11.0 Å². The van der Waals surface area contributed by atoms with Crippen LogP contribution in [0, 0.1) is 0 Å². The summed E-state index contributed by atoms with van der Waals surface area (Å²) >= 11 is 0. The maximum Gasteiger partial charge on any atom is 0.227 e. The number of hydrogen-bond acceptors (Lipinski definition) is 3. The highest BCUT2D eigenvalue weighted by Crippen LogP contribution is 2.19. The average molecular weight is 269 g/mol. The van der Waals surface area contributed by atoms with Crippen LogP contribution in [0.3, 0.4) is 0 Å². The second-order valence-electron chi connectivity index (χ2n) is 3.76. The van der Waals surface area contributed by atoms with Gasteiger partial charge in [-0.1, -0.05) is 12.1 Å².